The SMILES string of the molecule is CC[N@@+]1(C)CN(C)CC1(C)C. The number of nitrogens with zero attached hydrogens (tertiary/aromatic N) is 2. The van der Waals surface area contributed by atoms with Crippen molar-refractivity contribution in [2.75, 3.05) is 33.9 Å². The predicted octanol–water partition coefficient (Wildman–Crippen LogP) is 1.13. The molecule has 1 aliphatic heterocycles. The van der Waals surface area contributed by atoms with Crippen molar-refractivity contribution in [1.29, 1.82) is 0 Å². The first kappa shape index (κ1) is 9.01. The summed E-state index contributed by atoms with van der Waals surface area (Å²) in [6, 6.07) is 0. The molecule has 1 aliphatic rings. The summed E-state index contributed by atoms with van der Waals surface area (Å²) >= 11 is 0. The van der Waals surface area contributed by atoms with Crippen LogP contribution in [-0.2, 0) is 0 Å². The van der Waals surface area contributed by atoms with Crippen LogP contribution in [0.4, 0.5) is 0 Å². The predicted molar refractivity (Wildman–Crippen MR) is 48.3 cm³/mol. The van der Waals surface area contributed by atoms with E-state index in [4.69, 9.17) is 0 Å². The number of hydrogen-bond acceptors (Lipinski definition) is 1. The highest BCUT2D eigenvalue weighted by Crippen LogP contribution is 2.29. The van der Waals surface area contributed by atoms with E-state index in [2.05, 4.69) is 39.8 Å². The molecule has 0 N–H and O–H groups in total. The van der Waals surface area contributed by atoms with Gasteiger partial charge in [0.1, 0.15) is 12.2 Å². The van der Waals surface area contributed by atoms with Crippen LogP contribution >= 0.6 is 0 Å². The molecule has 1 rings (SSSR count). The number of hydrogen-bond donors (Lipinski definition) is 0. The van der Waals surface area contributed by atoms with E-state index in [0.29, 0.717) is 5.54 Å². The lowest BCUT2D eigenvalue weighted by Crippen LogP contribution is -2.55. The maximum absolute atomic E-state index is 2.42. The van der Waals surface area contributed by atoms with E-state index >= 15 is 0 Å². The van der Waals surface area contributed by atoms with Crippen LogP contribution < -0.4 is 0 Å². The summed E-state index contributed by atoms with van der Waals surface area (Å²) in [6.07, 6.45) is 0. The number of quaternary nitrogens is 1. The van der Waals surface area contributed by atoms with Crippen molar-refractivity contribution in [2.45, 2.75) is 26.3 Å². The number of rotatable bonds is 1. The average Bonchev–Trinajstić information content (AvgIpc) is 2.03. The zero-order valence-electron chi connectivity index (χ0n) is 8.52. The molecule has 0 aliphatic carbocycles. The van der Waals surface area contributed by atoms with Gasteiger partial charge in [-0.25, -0.2) is 0 Å². The molecule has 0 aromatic carbocycles. The van der Waals surface area contributed by atoms with Crippen LogP contribution in [0.1, 0.15) is 20.8 Å². The molecule has 0 spiro atoms. The van der Waals surface area contributed by atoms with Gasteiger partial charge in [-0.3, -0.25) is 4.90 Å². The fourth-order valence-corrected chi connectivity index (χ4v) is 2.13. The van der Waals surface area contributed by atoms with Crippen LogP contribution in [0.2, 0.25) is 0 Å². The van der Waals surface area contributed by atoms with Gasteiger partial charge in [-0.15, -0.1) is 0 Å². The Morgan fingerprint density at radius 2 is 2.00 bits per heavy atom. The topological polar surface area (TPSA) is 3.24 Å². The van der Waals surface area contributed by atoms with E-state index in [1.807, 2.05) is 0 Å². The molecule has 66 valence electrons. The second-order valence-corrected chi connectivity index (χ2v) is 4.68. The summed E-state index contributed by atoms with van der Waals surface area (Å²) < 4.78 is 1.18. The quantitative estimate of drug-likeness (QED) is 0.516. The molecule has 1 atom stereocenters. The molecule has 2 nitrogen and oxygen atoms in total. The Hall–Kier alpha value is -0.0800. The first-order valence-corrected chi connectivity index (χ1v) is 4.44. The second-order valence-electron chi connectivity index (χ2n) is 4.68. The van der Waals surface area contributed by atoms with Gasteiger partial charge in [0, 0.05) is 0 Å². The Kier molecular flexibility index (Phi) is 2.01. The van der Waals surface area contributed by atoms with Gasteiger partial charge in [0.15, 0.2) is 0 Å². The molecule has 2 heteroatoms. The molecule has 1 saturated heterocycles. The van der Waals surface area contributed by atoms with Crippen molar-refractivity contribution in [3.05, 3.63) is 0 Å². The monoisotopic (exact) mass is 157 g/mol. The molecule has 0 aromatic rings. The van der Waals surface area contributed by atoms with Gasteiger partial charge in [-0.05, 0) is 27.8 Å². The third kappa shape index (κ3) is 1.30. The van der Waals surface area contributed by atoms with Gasteiger partial charge >= 0.3 is 0 Å². The largest absolute Gasteiger partial charge is 0.308 e. The molecule has 11 heavy (non-hydrogen) atoms. The molecular weight excluding hydrogens is 136 g/mol. The lowest BCUT2D eigenvalue weighted by Gasteiger charge is -2.40. The van der Waals surface area contributed by atoms with E-state index in [-0.39, 0.29) is 0 Å². The van der Waals surface area contributed by atoms with Gasteiger partial charge in [0.25, 0.3) is 0 Å². The summed E-state index contributed by atoms with van der Waals surface area (Å²) in [6.45, 7) is 10.7. The Morgan fingerprint density at radius 3 is 2.18 bits per heavy atom. The van der Waals surface area contributed by atoms with Crippen molar-refractivity contribution >= 4 is 0 Å². The molecular formula is C9H21N2+. The highest BCUT2D eigenvalue weighted by Gasteiger charge is 2.46. The van der Waals surface area contributed by atoms with E-state index in [0.717, 1.165) is 0 Å². The minimum absolute atomic E-state index is 0.434. The Bertz CT molecular complexity index is 154. The van der Waals surface area contributed by atoms with Crippen molar-refractivity contribution < 1.29 is 4.48 Å². The van der Waals surface area contributed by atoms with E-state index in [9.17, 15) is 0 Å². The first-order valence-electron chi connectivity index (χ1n) is 4.44. The maximum Gasteiger partial charge on any atom is 0.135 e. The van der Waals surface area contributed by atoms with Crippen molar-refractivity contribution in [3.8, 4) is 0 Å². The lowest BCUT2D eigenvalue weighted by atomic mass is 10.0. The van der Waals surface area contributed by atoms with E-state index < -0.39 is 0 Å². The number of likely N-dealkylation sites (N-methyl/N-ethyl adjacent to an activating group) is 2. The molecule has 0 saturated carbocycles. The minimum Gasteiger partial charge on any atom is -0.308 e. The molecule has 0 unspecified atom stereocenters. The van der Waals surface area contributed by atoms with Crippen LogP contribution in [0.25, 0.3) is 0 Å². The van der Waals surface area contributed by atoms with Crippen molar-refractivity contribution in [3.63, 3.8) is 0 Å². The van der Waals surface area contributed by atoms with E-state index in [1.165, 1.54) is 24.2 Å². The lowest BCUT2D eigenvalue weighted by molar-refractivity contribution is -0.943. The first-order chi connectivity index (χ1) is 4.91. The smallest absolute Gasteiger partial charge is 0.135 e. The third-order valence-corrected chi connectivity index (χ3v) is 3.37. The fourth-order valence-electron chi connectivity index (χ4n) is 2.13. The van der Waals surface area contributed by atoms with Gasteiger partial charge in [0.2, 0.25) is 0 Å². The molecule has 0 aromatic heterocycles. The van der Waals surface area contributed by atoms with Gasteiger partial charge < -0.3 is 4.48 Å². The third-order valence-electron chi connectivity index (χ3n) is 3.37. The van der Waals surface area contributed by atoms with Crippen LogP contribution in [0.3, 0.4) is 0 Å². The molecule has 0 radical (unpaired) electrons. The zero-order valence-corrected chi connectivity index (χ0v) is 8.52. The summed E-state index contributed by atoms with van der Waals surface area (Å²) in [5.41, 5.74) is 0.434. The minimum atomic E-state index is 0.434. The molecule has 0 bridgehead atoms. The average molecular weight is 157 g/mol. The second kappa shape index (κ2) is 2.46. The summed E-state index contributed by atoms with van der Waals surface area (Å²) in [5.74, 6) is 0. The van der Waals surface area contributed by atoms with Crippen LogP contribution in [0, 0.1) is 0 Å². The van der Waals surface area contributed by atoms with Crippen LogP contribution in [-0.4, -0.2) is 48.8 Å². The van der Waals surface area contributed by atoms with Crippen molar-refractivity contribution in [2.24, 2.45) is 0 Å². The Morgan fingerprint density at radius 1 is 1.45 bits per heavy atom. The molecule has 1 heterocycles. The Labute approximate surface area is 70.4 Å². The van der Waals surface area contributed by atoms with Gasteiger partial charge in [-0.2, -0.15) is 0 Å². The van der Waals surface area contributed by atoms with Crippen LogP contribution in [0.15, 0.2) is 0 Å². The van der Waals surface area contributed by atoms with Gasteiger partial charge in [-0.1, -0.05) is 0 Å². The molecule has 1 fully saturated rings. The fraction of sp³-hybridized carbons (Fsp3) is 1.00. The normalized spacial score (nSPS) is 37.9. The highest BCUT2D eigenvalue weighted by molar-refractivity contribution is 4.78. The van der Waals surface area contributed by atoms with Crippen molar-refractivity contribution in [1.82, 2.24) is 4.90 Å². The highest BCUT2D eigenvalue weighted by atomic mass is 15.5. The zero-order chi connectivity index (χ0) is 8.70. The Balaban J connectivity index is 2.81. The van der Waals surface area contributed by atoms with Gasteiger partial charge in [0.05, 0.1) is 20.1 Å². The summed E-state index contributed by atoms with van der Waals surface area (Å²) in [4.78, 5) is 2.42. The van der Waals surface area contributed by atoms with E-state index in [1.54, 1.807) is 0 Å². The summed E-state index contributed by atoms with van der Waals surface area (Å²) in [5, 5.41) is 0. The van der Waals surface area contributed by atoms with Crippen LogP contribution in [0.5, 0.6) is 0 Å². The molecule has 0 amide bonds. The standard InChI is InChI=1S/C9H21N2/c1-6-11(5)8-10(4)7-9(11,2)3/h6-8H2,1-5H3/q+1/t11-/m0/s1. The maximum atomic E-state index is 2.42. The summed E-state index contributed by atoms with van der Waals surface area (Å²) in [7, 11) is 4.56.